The topological polar surface area (TPSA) is 106 Å². The predicted molar refractivity (Wildman–Crippen MR) is 62.1 cm³/mol. The van der Waals surface area contributed by atoms with Crippen LogP contribution in [0, 0.1) is 0 Å². The summed E-state index contributed by atoms with van der Waals surface area (Å²) in [6.07, 6.45) is 3.32. The molecule has 0 radical (unpaired) electrons. The summed E-state index contributed by atoms with van der Waals surface area (Å²) in [5, 5.41) is 15.7. The van der Waals surface area contributed by atoms with Gasteiger partial charge in [-0.25, -0.2) is 9.78 Å². The quantitative estimate of drug-likeness (QED) is 0.725. The second-order valence-electron chi connectivity index (χ2n) is 3.47. The van der Waals surface area contributed by atoms with Crippen LogP contribution in [0.15, 0.2) is 24.5 Å². The molecule has 7 heteroatoms. The van der Waals surface area contributed by atoms with Gasteiger partial charge in [0.1, 0.15) is 0 Å². The minimum atomic E-state index is -1.10. The number of hydrogen-bond donors (Lipinski definition) is 3. The van der Waals surface area contributed by atoms with Gasteiger partial charge in [0, 0.05) is 13.2 Å². The molecule has 0 aromatic carbocycles. The zero-order valence-corrected chi connectivity index (χ0v) is 9.08. The van der Waals surface area contributed by atoms with Gasteiger partial charge in [0.25, 0.3) is 0 Å². The smallest absolute Gasteiger partial charge is 0.354 e. The Morgan fingerprint density at radius 3 is 2.88 bits per heavy atom. The lowest BCUT2D eigenvalue weighted by molar-refractivity contribution is 0.0690. The summed E-state index contributed by atoms with van der Waals surface area (Å²) in [5.74, 6) is -0.794. The lowest BCUT2D eigenvalue weighted by atomic mass is 10.3. The number of rotatable bonds is 3. The highest BCUT2D eigenvalue weighted by Gasteiger charge is 2.09. The molecule has 0 unspecified atom stereocenters. The molecule has 2 aromatic heterocycles. The van der Waals surface area contributed by atoms with Crippen molar-refractivity contribution >= 4 is 23.2 Å². The molecule has 0 fully saturated rings. The average Bonchev–Trinajstić information content (AvgIpc) is 2.67. The number of carboxylic acids is 1. The molecule has 17 heavy (non-hydrogen) atoms. The van der Waals surface area contributed by atoms with Crippen molar-refractivity contribution in [2.75, 3.05) is 11.1 Å². The summed E-state index contributed by atoms with van der Waals surface area (Å²) < 4.78 is 1.61. The number of aromatic nitrogens is 3. The van der Waals surface area contributed by atoms with E-state index in [0.29, 0.717) is 17.2 Å². The van der Waals surface area contributed by atoms with E-state index in [4.69, 9.17) is 10.8 Å². The monoisotopic (exact) mass is 233 g/mol. The van der Waals surface area contributed by atoms with E-state index in [1.807, 2.05) is 0 Å². The maximum atomic E-state index is 10.8. The summed E-state index contributed by atoms with van der Waals surface area (Å²) in [4.78, 5) is 14.7. The van der Waals surface area contributed by atoms with E-state index in [1.54, 1.807) is 24.1 Å². The molecule has 0 aliphatic carbocycles. The van der Waals surface area contributed by atoms with Gasteiger partial charge in [0.2, 0.25) is 0 Å². The van der Waals surface area contributed by atoms with Crippen molar-refractivity contribution in [1.29, 1.82) is 0 Å². The number of hydrogen-bond acceptors (Lipinski definition) is 5. The van der Waals surface area contributed by atoms with Crippen molar-refractivity contribution in [3.8, 4) is 0 Å². The largest absolute Gasteiger partial charge is 0.477 e. The van der Waals surface area contributed by atoms with Crippen LogP contribution >= 0.6 is 0 Å². The van der Waals surface area contributed by atoms with Crippen LogP contribution in [0.5, 0.6) is 0 Å². The molecule has 2 rings (SSSR count). The van der Waals surface area contributed by atoms with E-state index in [1.165, 1.54) is 12.1 Å². The molecule has 0 bridgehead atoms. The first-order chi connectivity index (χ1) is 8.06. The Morgan fingerprint density at radius 2 is 2.29 bits per heavy atom. The fraction of sp³-hybridized carbons (Fsp3) is 0.100. The number of anilines is 3. The molecule has 88 valence electrons. The molecule has 0 aliphatic rings. The lowest BCUT2D eigenvalue weighted by Gasteiger charge is -2.06. The van der Waals surface area contributed by atoms with E-state index < -0.39 is 5.97 Å². The van der Waals surface area contributed by atoms with Crippen LogP contribution in [-0.2, 0) is 7.05 Å². The maximum Gasteiger partial charge on any atom is 0.354 e. The van der Waals surface area contributed by atoms with Gasteiger partial charge in [-0.2, -0.15) is 5.10 Å². The van der Waals surface area contributed by atoms with Crippen LogP contribution < -0.4 is 11.1 Å². The van der Waals surface area contributed by atoms with Crippen LogP contribution in [0.25, 0.3) is 0 Å². The number of nitrogens with two attached hydrogens (primary N) is 1. The van der Waals surface area contributed by atoms with Gasteiger partial charge in [0.05, 0.1) is 17.6 Å². The van der Waals surface area contributed by atoms with E-state index in [9.17, 15) is 4.79 Å². The molecule has 4 N–H and O–H groups in total. The molecule has 0 spiro atoms. The molecule has 0 saturated carbocycles. The highest BCUT2D eigenvalue weighted by Crippen LogP contribution is 2.20. The molecule has 2 aromatic rings. The summed E-state index contributed by atoms with van der Waals surface area (Å²) in [5.41, 5.74) is 6.70. The van der Waals surface area contributed by atoms with Gasteiger partial charge in [0.15, 0.2) is 11.5 Å². The van der Waals surface area contributed by atoms with Gasteiger partial charge in [-0.1, -0.05) is 0 Å². The Hall–Kier alpha value is -2.57. The fourth-order valence-electron chi connectivity index (χ4n) is 1.31. The van der Waals surface area contributed by atoms with Crippen LogP contribution in [-0.4, -0.2) is 25.8 Å². The first-order valence-electron chi connectivity index (χ1n) is 4.82. The van der Waals surface area contributed by atoms with E-state index >= 15 is 0 Å². The average molecular weight is 233 g/mol. The van der Waals surface area contributed by atoms with Gasteiger partial charge in [-0.15, -0.1) is 0 Å². The van der Waals surface area contributed by atoms with Gasteiger partial charge in [-0.05, 0) is 12.1 Å². The van der Waals surface area contributed by atoms with Crippen LogP contribution in [0.2, 0.25) is 0 Å². The molecule has 0 amide bonds. The van der Waals surface area contributed by atoms with Crippen LogP contribution in [0.1, 0.15) is 10.5 Å². The molecule has 0 aliphatic heterocycles. The number of nitrogens with zero attached hydrogens (tertiary/aromatic N) is 3. The van der Waals surface area contributed by atoms with E-state index in [-0.39, 0.29) is 5.69 Å². The third kappa shape index (κ3) is 2.33. The highest BCUT2D eigenvalue weighted by atomic mass is 16.4. The van der Waals surface area contributed by atoms with Gasteiger partial charge < -0.3 is 16.2 Å². The van der Waals surface area contributed by atoms with Crippen molar-refractivity contribution < 1.29 is 9.90 Å². The number of nitrogens with one attached hydrogen (secondary N) is 1. The Kier molecular flexibility index (Phi) is 2.65. The predicted octanol–water partition coefficient (Wildman–Crippen LogP) is 0.839. The molecule has 7 nitrogen and oxygen atoms in total. The molecular weight excluding hydrogens is 222 g/mol. The minimum absolute atomic E-state index is 0.0643. The van der Waals surface area contributed by atoms with E-state index in [2.05, 4.69) is 15.4 Å². The number of nitrogen functional groups attached to an aromatic ring is 1. The van der Waals surface area contributed by atoms with Crippen LogP contribution in [0.4, 0.5) is 17.2 Å². The SMILES string of the molecule is Cn1cc(Nc2nc(C(=O)O)ccc2N)cn1. The minimum Gasteiger partial charge on any atom is -0.477 e. The molecular formula is C10H11N5O2. The first kappa shape index (κ1) is 10.9. The number of carboxylic acid groups (broad SMARTS) is 1. The Balaban J connectivity index is 2.31. The Morgan fingerprint density at radius 1 is 1.53 bits per heavy atom. The standard InChI is InChI=1S/C10H11N5O2/c1-15-5-6(4-12-15)13-9-7(11)2-3-8(14-9)10(16)17/h2-5H,11H2,1H3,(H,13,14)(H,16,17). The second kappa shape index (κ2) is 4.12. The Labute approximate surface area is 96.9 Å². The van der Waals surface area contributed by atoms with Crippen molar-refractivity contribution in [1.82, 2.24) is 14.8 Å². The molecule has 0 saturated heterocycles. The lowest BCUT2D eigenvalue weighted by Crippen LogP contribution is -2.05. The van der Waals surface area contributed by atoms with Crippen molar-refractivity contribution in [3.05, 3.63) is 30.2 Å². The van der Waals surface area contributed by atoms with Crippen LogP contribution in [0.3, 0.4) is 0 Å². The highest BCUT2D eigenvalue weighted by molar-refractivity contribution is 5.87. The summed E-state index contributed by atoms with van der Waals surface area (Å²) >= 11 is 0. The third-order valence-corrected chi connectivity index (χ3v) is 2.11. The zero-order chi connectivity index (χ0) is 12.4. The summed E-state index contributed by atoms with van der Waals surface area (Å²) in [7, 11) is 1.77. The van der Waals surface area contributed by atoms with Gasteiger partial charge in [-0.3, -0.25) is 4.68 Å². The van der Waals surface area contributed by atoms with Crippen molar-refractivity contribution in [2.45, 2.75) is 0 Å². The second-order valence-corrected chi connectivity index (χ2v) is 3.47. The maximum absolute atomic E-state index is 10.8. The first-order valence-corrected chi connectivity index (χ1v) is 4.82. The molecule has 0 atom stereocenters. The number of carbonyl (C=O) groups is 1. The number of aryl methyl sites for hydroxylation is 1. The normalized spacial score (nSPS) is 10.2. The van der Waals surface area contributed by atoms with Crippen molar-refractivity contribution in [2.24, 2.45) is 7.05 Å². The number of aromatic carboxylic acids is 1. The fourth-order valence-corrected chi connectivity index (χ4v) is 1.31. The Bertz CT molecular complexity index is 564. The zero-order valence-electron chi connectivity index (χ0n) is 9.08. The van der Waals surface area contributed by atoms with E-state index in [0.717, 1.165) is 0 Å². The van der Waals surface area contributed by atoms with Crippen molar-refractivity contribution in [3.63, 3.8) is 0 Å². The van der Waals surface area contributed by atoms with Gasteiger partial charge >= 0.3 is 5.97 Å². The third-order valence-electron chi connectivity index (χ3n) is 2.11. The number of pyridine rings is 1. The molecule has 2 heterocycles. The summed E-state index contributed by atoms with van der Waals surface area (Å²) in [6, 6.07) is 2.85. The summed E-state index contributed by atoms with van der Waals surface area (Å²) in [6.45, 7) is 0.